The van der Waals surface area contributed by atoms with Gasteiger partial charge in [-0.1, -0.05) is 42.5 Å². The Morgan fingerprint density at radius 1 is 0.912 bits per heavy atom. The minimum atomic E-state index is -4.54. The zero-order valence-electron chi connectivity index (χ0n) is 19.1. The van der Waals surface area contributed by atoms with Crippen molar-refractivity contribution in [3.63, 3.8) is 0 Å². The number of rotatable bonds is 6. The van der Waals surface area contributed by atoms with Gasteiger partial charge in [0, 0.05) is 17.4 Å². The van der Waals surface area contributed by atoms with Gasteiger partial charge in [0.1, 0.15) is 17.2 Å². The van der Waals surface area contributed by atoms with Gasteiger partial charge >= 0.3 is 6.18 Å². The topological polar surface area (TPSA) is 47.3 Å². The number of aliphatic hydroxyl groups is 1. The van der Waals surface area contributed by atoms with Crippen molar-refractivity contribution in [3.05, 3.63) is 90.3 Å². The number of aromatic nitrogens is 2. The summed E-state index contributed by atoms with van der Waals surface area (Å²) in [6, 6.07) is 20.4. The molecule has 0 aliphatic heterocycles. The van der Waals surface area contributed by atoms with E-state index in [9.17, 15) is 18.3 Å². The van der Waals surface area contributed by atoms with Crippen LogP contribution in [0.3, 0.4) is 0 Å². The lowest BCUT2D eigenvalue weighted by Crippen LogP contribution is -2.15. The summed E-state index contributed by atoms with van der Waals surface area (Å²) in [6.45, 7) is 5.58. The van der Waals surface area contributed by atoms with Crippen molar-refractivity contribution >= 4 is 0 Å². The molecule has 0 aliphatic rings. The molecule has 1 N–H and O–H groups in total. The Balaban J connectivity index is 1.81. The molecule has 3 aromatic carbocycles. The predicted octanol–water partition coefficient (Wildman–Crippen LogP) is 6.85. The summed E-state index contributed by atoms with van der Waals surface area (Å²) in [5, 5.41) is 10.5. The first-order valence-corrected chi connectivity index (χ1v) is 10.9. The maximum Gasteiger partial charge on any atom is 0.417 e. The minimum absolute atomic E-state index is 0.0565. The lowest BCUT2D eigenvalue weighted by Gasteiger charge is -2.14. The second kappa shape index (κ2) is 8.99. The fourth-order valence-corrected chi connectivity index (χ4v) is 3.73. The number of benzene rings is 3. The highest BCUT2D eigenvalue weighted by Crippen LogP contribution is 2.38. The molecule has 0 bridgehead atoms. The van der Waals surface area contributed by atoms with Crippen molar-refractivity contribution in [2.24, 2.45) is 0 Å². The highest BCUT2D eigenvalue weighted by molar-refractivity contribution is 5.68. The number of hydrogen-bond donors (Lipinski definition) is 1. The Hall–Kier alpha value is -3.58. The third kappa shape index (κ3) is 4.84. The van der Waals surface area contributed by atoms with Crippen molar-refractivity contribution < 1.29 is 23.0 Å². The van der Waals surface area contributed by atoms with Crippen LogP contribution in [-0.2, 0) is 11.8 Å². The summed E-state index contributed by atoms with van der Waals surface area (Å²) in [5.74, 6) is 0.871. The molecule has 176 valence electrons. The Morgan fingerprint density at radius 2 is 1.62 bits per heavy atom. The molecule has 0 aliphatic carbocycles. The van der Waals surface area contributed by atoms with Crippen LogP contribution in [0.4, 0.5) is 13.2 Å². The van der Waals surface area contributed by atoms with Crippen molar-refractivity contribution in [1.82, 2.24) is 9.55 Å². The molecule has 0 amide bonds. The zero-order chi connectivity index (χ0) is 24.5. The lowest BCUT2D eigenvalue weighted by atomic mass is 10.0. The summed E-state index contributed by atoms with van der Waals surface area (Å²) >= 11 is 0. The van der Waals surface area contributed by atoms with E-state index in [1.54, 1.807) is 30.7 Å². The van der Waals surface area contributed by atoms with Crippen molar-refractivity contribution in [3.8, 4) is 34.0 Å². The van der Waals surface area contributed by atoms with Gasteiger partial charge in [0.15, 0.2) is 0 Å². The summed E-state index contributed by atoms with van der Waals surface area (Å²) in [4.78, 5) is 4.41. The van der Waals surface area contributed by atoms with Crippen LogP contribution in [0.25, 0.3) is 28.2 Å². The largest absolute Gasteiger partial charge is 0.494 e. The second-order valence-electron chi connectivity index (χ2n) is 8.43. The average molecular weight is 467 g/mol. The van der Waals surface area contributed by atoms with Crippen LogP contribution in [0.15, 0.2) is 79.0 Å². The maximum atomic E-state index is 13.7. The van der Waals surface area contributed by atoms with Gasteiger partial charge in [0.25, 0.3) is 0 Å². The number of halogens is 3. The molecule has 4 nitrogen and oxygen atoms in total. The molecule has 34 heavy (non-hydrogen) atoms. The minimum Gasteiger partial charge on any atom is -0.494 e. The maximum absolute atomic E-state index is 13.7. The Kier molecular flexibility index (Phi) is 6.23. The van der Waals surface area contributed by atoms with Gasteiger partial charge in [-0.3, -0.25) is 4.57 Å². The van der Waals surface area contributed by atoms with Crippen molar-refractivity contribution in [2.75, 3.05) is 6.61 Å². The molecular weight excluding hydrogens is 441 g/mol. The molecule has 0 spiro atoms. The molecule has 0 radical (unpaired) electrons. The Morgan fingerprint density at radius 3 is 2.26 bits per heavy atom. The quantitative estimate of drug-likeness (QED) is 0.338. The molecule has 4 aromatic rings. The first kappa shape index (κ1) is 23.6. The van der Waals surface area contributed by atoms with E-state index in [4.69, 9.17) is 4.74 Å². The zero-order valence-corrected chi connectivity index (χ0v) is 19.1. The van der Waals surface area contributed by atoms with E-state index < -0.39 is 17.3 Å². The molecule has 0 atom stereocenters. The van der Waals surface area contributed by atoms with E-state index in [1.807, 2.05) is 55.5 Å². The van der Waals surface area contributed by atoms with Crippen LogP contribution in [0.5, 0.6) is 5.75 Å². The van der Waals surface area contributed by atoms with Gasteiger partial charge in [-0.2, -0.15) is 13.2 Å². The Labute approximate surface area is 196 Å². The van der Waals surface area contributed by atoms with Gasteiger partial charge in [-0.15, -0.1) is 0 Å². The van der Waals surface area contributed by atoms with Gasteiger partial charge in [-0.05, 0) is 62.2 Å². The number of nitrogens with zero attached hydrogens (tertiary/aromatic N) is 2. The third-order valence-electron chi connectivity index (χ3n) is 5.43. The van der Waals surface area contributed by atoms with Crippen LogP contribution in [0.2, 0.25) is 0 Å². The number of imidazole rings is 1. The van der Waals surface area contributed by atoms with Crippen molar-refractivity contribution in [2.45, 2.75) is 32.5 Å². The summed E-state index contributed by atoms with van der Waals surface area (Å²) in [7, 11) is 0. The average Bonchev–Trinajstić information content (AvgIpc) is 3.25. The number of alkyl halides is 3. The third-order valence-corrected chi connectivity index (χ3v) is 5.43. The molecule has 0 saturated carbocycles. The molecule has 0 saturated heterocycles. The van der Waals surface area contributed by atoms with Gasteiger partial charge < -0.3 is 9.84 Å². The molecule has 1 heterocycles. The molecule has 4 rings (SSSR count). The lowest BCUT2D eigenvalue weighted by molar-refractivity contribution is -0.137. The summed E-state index contributed by atoms with van der Waals surface area (Å²) < 4.78 is 48.4. The smallest absolute Gasteiger partial charge is 0.417 e. The van der Waals surface area contributed by atoms with E-state index >= 15 is 0 Å². The molecule has 1 aromatic heterocycles. The normalized spacial score (nSPS) is 12.1. The van der Waals surface area contributed by atoms with Gasteiger partial charge in [-0.25, -0.2) is 4.98 Å². The van der Waals surface area contributed by atoms with Crippen LogP contribution < -0.4 is 4.74 Å². The number of hydrogen-bond acceptors (Lipinski definition) is 3. The highest BCUT2D eigenvalue weighted by Gasteiger charge is 2.35. The van der Waals surface area contributed by atoms with Crippen LogP contribution in [0.1, 0.15) is 32.0 Å². The van der Waals surface area contributed by atoms with E-state index in [0.29, 0.717) is 12.3 Å². The molecule has 7 heteroatoms. The summed E-state index contributed by atoms with van der Waals surface area (Å²) in [5.41, 5.74) is 0.626. The van der Waals surface area contributed by atoms with Crippen LogP contribution >= 0.6 is 0 Å². The predicted molar refractivity (Wildman–Crippen MR) is 126 cm³/mol. The van der Waals surface area contributed by atoms with E-state index in [1.165, 1.54) is 12.1 Å². The molecule has 0 fully saturated rings. The highest BCUT2D eigenvalue weighted by atomic mass is 19.4. The van der Waals surface area contributed by atoms with Crippen LogP contribution in [-0.4, -0.2) is 21.3 Å². The SMILES string of the molecule is CCOc1cccc(-c2ccc(-n3cc(C(C)(C)O)nc3-c3ccccc3C(F)(F)F)cc2)c1. The van der Waals surface area contributed by atoms with Gasteiger partial charge in [0.2, 0.25) is 0 Å². The summed E-state index contributed by atoms with van der Waals surface area (Å²) in [6.07, 6.45) is -2.97. The fourth-order valence-electron chi connectivity index (χ4n) is 3.73. The van der Waals surface area contributed by atoms with E-state index in [-0.39, 0.29) is 17.1 Å². The van der Waals surface area contributed by atoms with E-state index in [2.05, 4.69) is 4.98 Å². The first-order valence-electron chi connectivity index (χ1n) is 10.9. The fraction of sp³-hybridized carbons (Fsp3) is 0.222. The molecule has 0 unspecified atom stereocenters. The van der Waals surface area contributed by atoms with Crippen molar-refractivity contribution in [1.29, 1.82) is 0 Å². The standard InChI is InChI=1S/C27H25F3N2O2/c1-4-34-21-9-7-8-19(16-21)18-12-14-20(15-13-18)32-17-24(26(2,3)33)31-25(32)22-10-5-6-11-23(22)27(28,29)30/h5-17,33H,4H2,1-3H3. The number of ether oxygens (including phenoxy) is 1. The molecular formula is C27H25F3N2O2. The first-order chi connectivity index (χ1) is 16.1. The van der Waals surface area contributed by atoms with Gasteiger partial charge in [0.05, 0.1) is 17.9 Å². The van der Waals surface area contributed by atoms with E-state index in [0.717, 1.165) is 22.9 Å². The van der Waals surface area contributed by atoms with Crippen LogP contribution in [0, 0.1) is 0 Å². The Bertz CT molecular complexity index is 1290. The second-order valence-corrected chi connectivity index (χ2v) is 8.43. The monoisotopic (exact) mass is 466 g/mol.